The lowest BCUT2D eigenvalue weighted by Crippen LogP contribution is -2.50. The zero-order valence-electron chi connectivity index (χ0n) is 16.4. The van der Waals surface area contributed by atoms with E-state index in [2.05, 4.69) is 33.1 Å². The largest absolute Gasteiger partial charge is 0.360 e. The Bertz CT molecular complexity index is 791. The number of hydrogen-bond donors (Lipinski definition) is 2. The summed E-state index contributed by atoms with van der Waals surface area (Å²) in [5, 5.41) is 3.94. The number of aromatic amines is 1. The van der Waals surface area contributed by atoms with Crippen LogP contribution in [0.1, 0.15) is 36.2 Å². The number of rotatable bonds is 8. The highest BCUT2D eigenvalue weighted by Gasteiger charge is 2.22. The quantitative estimate of drug-likeness (QED) is 0.698. The van der Waals surface area contributed by atoms with E-state index in [0.717, 1.165) is 62.0 Å². The van der Waals surface area contributed by atoms with Gasteiger partial charge in [0.2, 0.25) is 5.91 Å². The van der Waals surface area contributed by atoms with Gasteiger partial charge < -0.3 is 10.3 Å². The fourth-order valence-electron chi connectivity index (χ4n) is 3.66. The first kappa shape index (κ1) is 19.6. The van der Waals surface area contributed by atoms with Gasteiger partial charge in [0.15, 0.2) is 5.78 Å². The number of nitrogens with one attached hydrogen (secondary N) is 2. The van der Waals surface area contributed by atoms with Gasteiger partial charge in [0, 0.05) is 55.4 Å². The van der Waals surface area contributed by atoms with Crippen LogP contribution >= 0.6 is 0 Å². The van der Waals surface area contributed by atoms with Gasteiger partial charge in [-0.1, -0.05) is 32.0 Å². The summed E-state index contributed by atoms with van der Waals surface area (Å²) in [4.78, 5) is 32.3. The fourth-order valence-corrected chi connectivity index (χ4v) is 3.66. The maximum Gasteiger partial charge on any atom is 0.234 e. The number of aromatic nitrogens is 1. The number of fused-ring (bicyclic) bond motifs is 1. The standard InChI is InChI=1S/C21H30N4O2/c1-3-8-22-20(27)15-25-11-9-24(10-12-25)14-19(26)18-13-23-21-16(4-2)6-5-7-17(18)21/h5-7,13,23H,3-4,8-12,14-15H2,1-2H3,(H,22,27). The molecule has 146 valence electrons. The SMILES string of the molecule is CCCNC(=O)CN1CCN(CC(=O)c2c[nH]c3c(CC)cccc23)CC1. The van der Waals surface area contributed by atoms with Gasteiger partial charge in [-0.05, 0) is 18.4 Å². The van der Waals surface area contributed by atoms with E-state index in [9.17, 15) is 9.59 Å². The predicted molar refractivity (Wildman–Crippen MR) is 108 cm³/mol. The number of amides is 1. The third-order valence-electron chi connectivity index (χ3n) is 5.25. The molecule has 0 bridgehead atoms. The summed E-state index contributed by atoms with van der Waals surface area (Å²) in [6.45, 7) is 9.05. The summed E-state index contributed by atoms with van der Waals surface area (Å²) in [7, 11) is 0. The highest BCUT2D eigenvalue weighted by Crippen LogP contribution is 2.23. The molecule has 6 nitrogen and oxygen atoms in total. The molecule has 27 heavy (non-hydrogen) atoms. The van der Waals surface area contributed by atoms with E-state index in [4.69, 9.17) is 0 Å². The molecule has 0 saturated carbocycles. The van der Waals surface area contributed by atoms with Crippen LogP contribution in [0.15, 0.2) is 24.4 Å². The van der Waals surface area contributed by atoms with Crippen LogP contribution < -0.4 is 5.32 Å². The van der Waals surface area contributed by atoms with Crippen LogP contribution in [0.5, 0.6) is 0 Å². The highest BCUT2D eigenvalue weighted by atomic mass is 16.2. The number of benzene rings is 1. The van der Waals surface area contributed by atoms with Crippen LogP contribution in [0.4, 0.5) is 0 Å². The summed E-state index contributed by atoms with van der Waals surface area (Å²) >= 11 is 0. The number of aryl methyl sites for hydroxylation is 1. The summed E-state index contributed by atoms with van der Waals surface area (Å²) in [5.74, 6) is 0.246. The van der Waals surface area contributed by atoms with E-state index in [1.165, 1.54) is 5.56 Å². The Labute approximate surface area is 160 Å². The Hall–Kier alpha value is -2.18. The summed E-state index contributed by atoms with van der Waals surface area (Å²) in [6.07, 6.45) is 3.75. The van der Waals surface area contributed by atoms with Crippen molar-refractivity contribution in [2.75, 3.05) is 45.8 Å². The van der Waals surface area contributed by atoms with Gasteiger partial charge in [0.25, 0.3) is 0 Å². The number of carbonyl (C=O) groups is 2. The number of nitrogens with zero attached hydrogens (tertiary/aromatic N) is 2. The summed E-state index contributed by atoms with van der Waals surface area (Å²) in [6, 6.07) is 6.14. The molecule has 0 aliphatic carbocycles. The number of carbonyl (C=O) groups excluding carboxylic acids is 2. The minimum atomic E-state index is 0.0897. The Morgan fingerprint density at radius 3 is 2.44 bits per heavy atom. The maximum atomic E-state index is 12.8. The van der Waals surface area contributed by atoms with Crippen molar-refractivity contribution in [1.29, 1.82) is 0 Å². The smallest absolute Gasteiger partial charge is 0.234 e. The van der Waals surface area contributed by atoms with Crippen molar-refractivity contribution in [1.82, 2.24) is 20.1 Å². The second-order valence-electron chi connectivity index (χ2n) is 7.22. The third-order valence-corrected chi connectivity index (χ3v) is 5.25. The molecule has 1 saturated heterocycles. The molecule has 1 amide bonds. The molecule has 6 heteroatoms. The minimum absolute atomic E-state index is 0.0897. The molecular weight excluding hydrogens is 340 g/mol. The van der Waals surface area contributed by atoms with Gasteiger partial charge in [0.1, 0.15) is 0 Å². The summed E-state index contributed by atoms with van der Waals surface area (Å²) in [5.41, 5.74) is 3.09. The molecular formula is C21H30N4O2. The van der Waals surface area contributed by atoms with E-state index in [0.29, 0.717) is 13.1 Å². The van der Waals surface area contributed by atoms with Gasteiger partial charge in [-0.25, -0.2) is 0 Å². The molecule has 0 atom stereocenters. The molecule has 1 aromatic carbocycles. The molecule has 1 aromatic heterocycles. The van der Waals surface area contributed by atoms with Crippen LogP contribution in [0, 0.1) is 0 Å². The minimum Gasteiger partial charge on any atom is -0.360 e. The molecule has 1 fully saturated rings. The normalized spacial score (nSPS) is 15.9. The van der Waals surface area contributed by atoms with E-state index in [1.807, 2.05) is 25.3 Å². The molecule has 0 spiro atoms. The fraction of sp³-hybridized carbons (Fsp3) is 0.524. The molecule has 0 unspecified atom stereocenters. The molecule has 2 heterocycles. The molecule has 2 aromatic rings. The molecule has 1 aliphatic heterocycles. The molecule has 0 radical (unpaired) electrons. The average molecular weight is 370 g/mol. The van der Waals surface area contributed by atoms with Crippen molar-refractivity contribution in [3.63, 3.8) is 0 Å². The van der Waals surface area contributed by atoms with Gasteiger partial charge in [-0.15, -0.1) is 0 Å². The second kappa shape index (κ2) is 9.15. The van der Waals surface area contributed by atoms with E-state index < -0.39 is 0 Å². The zero-order valence-corrected chi connectivity index (χ0v) is 16.4. The van der Waals surface area contributed by atoms with Gasteiger partial charge in [0.05, 0.1) is 13.1 Å². The second-order valence-corrected chi connectivity index (χ2v) is 7.22. The van der Waals surface area contributed by atoms with Crippen molar-refractivity contribution in [3.05, 3.63) is 35.5 Å². The van der Waals surface area contributed by atoms with E-state index >= 15 is 0 Å². The van der Waals surface area contributed by atoms with Crippen LogP contribution in [0.2, 0.25) is 0 Å². The lowest BCUT2D eigenvalue weighted by atomic mass is 10.0. The monoisotopic (exact) mass is 370 g/mol. The van der Waals surface area contributed by atoms with Crippen LogP contribution in [-0.4, -0.2) is 72.3 Å². The number of hydrogen-bond acceptors (Lipinski definition) is 4. The molecule has 3 rings (SSSR count). The third kappa shape index (κ3) is 4.76. The number of ketones is 1. The van der Waals surface area contributed by atoms with Gasteiger partial charge in [-0.2, -0.15) is 0 Å². The van der Waals surface area contributed by atoms with Crippen LogP contribution in [-0.2, 0) is 11.2 Å². The topological polar surface area (TPSA) is 68.4 Å². The van der Waals surface area contributed by atoms with Crippen molar-refractivity contribution >= 4 is 22.6 Å². The van der Waals surface area contributed by atoms with Gasteiger partial charge in [-0.3, -0.25) is 19.4 Å². The Kier molecular flexibility index (Phi) is 6.63. The zero-order chi connectivity index (χ0) is 19.2. The number of Topliss-reactive ketones (excluding diaryl/α,β-unsaturated/α-hetero) is 1. The Morgan fingerprint density at radius 2 is 1.78 bits per heavy atom. The van der Waals surface area contributed by atoms with E-state index in [1.54, 1.807) is 0 Å². The van der Waals surface area contributed by atoms with Gasteiger partial charge >= 0.3 is 0 Å². The first-order chi connectivity index (χ1) is 13.1. The van der Waals surface area contributed by atoms with Crippen molar-refractivity contribution in [2.24, 2.45) is 0 Å². The average Bonchev–Trinajstić information content (AvgIpc) is 3.12. The number of piperazine rings is 1. The lowest BCUT2D eigenvalue weighted by molar-refractivity contribution is -0.122. The Morgan fingerprint density at radius 1 is 1.07 bits per heavy atom. The van der Waals surface area contributed by atoms with Crippen molar-refractivity contribution < 1.29 is 9.59 Å². The molecule has 1 aliphatic rings. The van der Waals surface area contributed by atoms with Crippen molar-refractivity contribution in [3.8, 4) is 0 Å². The maximum absolute atomic E-state index is 12.8. The van der Waals surface area contributed by atoms with Crippen LogP contribution in [0.3, 0.4) is 0 Å². The predicted octanol–water partition coefficient (Wildman–Crippen LogP) is 2.06. The number of para-hydroxylation sites is 1. The highest BCUT2D eigenvalue weighted by molar-refractivity contribution is 6.09. The van der Waals surface area contributed by atoms with E-state index in [-0.39, 0.29) is 11.7 Å². The van der Waals surface area contributed by atoms with Crippen LogP contribution in [0.25, 0.3) is 10.9 Å². The summed E-state index contributed by atoms with van der Waals surface area (Å²) < 4.78 is 0. The Balaban J connectivity index is 1.54. The number of H-pyrrole nitrogens is 1. The first-order valence-electron chi connectivity index (χ1n) is 9.96. The lowest BCUT2D eigenvalue weighted by Gasteiger charge is -2.33. The molecule has 2 N–H and O–H groups in total. The van der Waals surface area contributed by atoms with Crippen molar-refractivity contribution in [2.45, 2.75) is 26.7 Å². The first-order valence-corrected chi connectivity index (χ1v) is 9.96.